The van der Waals surface area contributed by atoms with E-state index in [-0.39, 0.29) is 5.92 Å². The van der Waals surface area contributed by atoms with Crippen LogP contribution in [0.25, 0.3) is 0 Å². The van der Waals surface area contributed by atoms with Crippen LogP contribution in [0.5, 0.6) is 5.75 Å². The van der Waals surface area contributed by atoms with Gasteiger partial charge in [-0.2, -0.15) is 0 Å². The first-order valence-electron chi connectivity index (χ1n) is 8.18. The number of carbonyl (C=O) groups excluding carboxylic acids is 1. The summed E-state index contributed by atoms with van der Waals surface area (Å²) in [6.07, 6.45) is 6.65. The SMILES string of the molecule is COc1ccccc1CN1CCCCC1C1CCCC1=O. The number of methoxy groups -OCH3 is 1. The van der Waals surface area contributed by atoms with Gasteiger partial charge < -0.3 is 4.74 Å². The first-order valence-corrected chi connectivity index (χ1v) is 8.18. The number of ether oxygens (including phenoxy) is 1. The van der Waals surface area contributed by atoms with Crippen molar-refractivity contribution in [2.75, 3.05) is 13.7 Å². The zero-order chi connectivity index (χ0) is 14.7. The van der Waals surface area contributed by atoms with E-state index in [0.717, 1.165) is 38.1 Å². The molecule has 3 rings (SSSR count). The summed E-state index contributed by atoms with van der Waals surface area (Å²) < 4.78 is 5.48. The molecule has 3 nitrogen and oxygen atoms in total. The summed E-state index contributed by atoms with van der Waals surface area (Å²) in [6, 6.07) is 8.68. The van der Waals surface area contributed by atoms with Crippen molar-refractivity contribution in [1.82, 2.24) is 4.90 Å². The van der Waals surface area contributed by atoms with Gasteiger partial charge in [-0.25, -0.2) is 0 Å². The van der Waals surface area contributed by atoms with E-state index in [1.54, 1.807) is 7.11 Å². The summed E-state index contributed by atoms with van der Waals surface area (Å²) in [5.74, 6) is 1.73. The number of hydrogen-bond donors (Lipinski definition) is 0. The molecule has 1 heterocycles. The van der Waals surface area contributed by atoms with E-state index < -0.39 is 0 Å². The number of hydrogen-bond acceptors (Lipinski definition) is 3. The quantitative estimate of drug-likeness (QED) is 0.850. The lowest BCUT2D eigenvalue weighted by atomic mass is 9.88. The van der Waals surface area contributed by atoms with Crippen molar-refractivity contribution in [3.63, 3.8) is 0 Å². The Balaban J connectivity index is 1.76. The molecule has 1 aromatic carbocycles. The Morgan fingerprint density at radius 1 is 1.19 bits per heavy atom. The third-order valence-corrected chi connectivity index (χ3v) is 5.05. The Labute approximate surface area is 127 Å². The molecule has 0 aromatic heterocycles. The van der Waals surface area contributed by atoms with Gasteiger partial charge in [-0.1, -0.05) is 24.6 Å². The largest absolute Gasteiger partial charge is 0.496 e. The molecule has 1 aliphatic heterocycles. The van der Waals surface area contributed by atoms with Gasteiger partial charge in [0.05, 0.1) is 7.11 Å². The van der Waals surface area contributed by atoms with E-state index in [4.69, 9.17) is 4.74 Å². The molecule has 0 bridgehead atoms. The summed E-state index contributed by atoms with van der Waals surface area (Å²) in [7, 11) is 1.73. The Morgan fingerprint density at radius 3 is 2.81 bits per heavy atom. The minimum absolute atomic E-state index is 0.278. The molecule has 2 aliphatic rings. The molecule has 0 amide bonds. The number of para-hydroxylation sites is 1. The second-order valence-electron chi connectivity index (χ2n) is 6.31. The highest BCUT2D eigenvalue weighted by Crippen LogP contribution is 2.34. The molecular weight excluding hydrogens is 262 g/mol. The number of likely N-dealkylation sites (tertiary alicyclic amines) is 1. The number of nitrogens with zero attached hydrogens (tertiary/aromatic N) is 1. The van der Waals surface area contributed by atoms with Crippen LogP contribution in [0.3, 0.4) is 0 Å². The Morgan fingerprint density at radius 2 is 2.05 bits per heavy atom. The predicted molar refractivity (Wildman–Crippen MR) is 83.4 cm³/mol. The van der Waals surface area contributed by atoms with Crippen LogP contribution in [-0.2, 0) is 11.3 Å². The third-order valence-electron chi connectivity index (χ3n) is 5.05. The maximum absolute atomic E-state index is 12.1. The van der Waals surface area contributed by atoms with Crippen LogP contribution in [0, 0.1) is 5.92 Å². The van der Waals surface area contributed by atoms with Gasteiger partial charge in [0.25, 0.3) is 0 Å². The first-order chi connectivity index (χ1) is 10.3. The van der Waals surface area contributed by atoms with Crippen molar-refractivity contribution in [1.29, 1.82) is 0 Å². The fourth-order valence-electron chi connectivity index (χ4n) is 3.97. The maximum Gasteiger partial charge on any atom is 0.137 e. The van der Waals surface area contributed by atoms with Gasteiger partial charge in [0.1, 0.15) is 11.5 Å². The molecule has 0 radical (unpaired) electrons. The van der Waals surface area contributed by atoms with Crippen molar-refractivity contribution in [2.45, 2.75) is 51.1 Å². The highest BCUT2D eigenvalue weighted by atomic mass is 16.5. The molecule has 1 saturated carbocycles. The van der Waals surface area contributed by atoms with Gasteiger partial charge in [-0.3, -0.25) is 9.69 Å². The molecule has 21 heavy (non-hydrogen) atoms. The van der Waals surface area contributed by atoms with E-state index >= 15 is 0 Å². The number of benzene rings is 1. The van der Waals surface area contributed by atoms with Crippen LogP contribution in [0.4, 0.5) is 0 Å². The highest BCUT2D eigenvalue weighted by Gasteiger charge is 2.36. The number of Topliss-reactive ketones (excluding diaryl/α,β-unsaturated/α-hetero) is 1. The molecule has 1 aromatic rings. The maximum atomic E-state index is 12.1. The zero-order valence-corrected chi connectivity index (χ0v) is 12.9. The monoisotopic (exact) mass is 287 g/mol. The topological polar surface area (TPSA) is 29.5 Å². The van der Waals surface area contributed by atoms with Crippen LogP contribution >= 0.6 is 0 Å². The van der Waals surface area contributed by atoms with Gasteiger partial charge in [-0.15, -0.1) is 0 Å². The Kier molecular flexibility index (Phi) is 4.59. The number of rotatable bonds is 4. The highest BCUT2D eigenvalue weighted by molar-refractivity contribution is 5.83. The second-order valence-corrected chi connectivity index (χ2v) is 6.31. The lowest BCUT2D eigenvalue weighted by molar-refractivity contribution is -0.123. The van der Waals surface area contributed by atoms with Crippen molar-refractivity contribution < 1.29 is 9.53 Å². The van der Waals surface area contributed by atoms with Crippen LogP contribution in [0.15, 0.2) is 24.3 Å². The predicted octanol–water partition coefficient (Wildman–Crippen LogP) is 3.42. The smallest absolute Gasteiger partial charge is 0.137 e. The van der Waals surface area contributed by atoms with E-state index in [9.17, 15) is 4.79 Å². The molecule has 2 unspecified atom stereocenters. The fraction of sp³-hybridized carbons (Fsp3) is 0.611. The van der Waals surface area contributed by atoms with Gasteiger partial charge in [0.2, 0.25) is 0 Å². The normalized spacial score (nSPS) is 27.0. The molecule has 2 atom stereocenters. The minimum atomic E-state index is 0.278. The van der Waals surface area contributed by atoms with E-state index in [1.807, 2.05) is 12.1 Å². The summed E-state index contributed by atoms with van der Waals surface area (Å²) >= 11 is 0. The van der Waals surface area contributed by atoms with Gasteiger partial charge in [0.15, 0.2) is 0 Å². The Hall–Kier alpha value is -1.35. The Bertz CT molecular complexity index is 500. The van der Waals surface area contributed by atoms with Crippen LogP contribution < -0.4 is 4.74 Å². The molecule has 2 fully saturated rings. The van der Waals surface area contributed by atoms with Crippen molar-refractivity contribution in [3.05, 3.63) is 29.8 Å². The first kappa shape index (κ1) is 14.6. The standard InChI is InChI=1S/C18H25NO2/c1-21-18-11-3-2-7-14(18)13-19-12-5-4-9-16(19)15-8-6-10-17(15)20/h2-3,7,11,15-16H,4-6,8-10,12-13H2,1H3. The molecular formula is C18H25NO2. The minimum Gasteiger partial charge on any atom is -0.496 e. The fourth-order valence-corrected chi connectivity index (χ4v) is 3.97. The van der Waals surface area contributed by atoms with Crippen LogP contribution in [-0.4, -0.2) is 30.4 Å². The van der Waals surface area contributed by atoms with E-state index in [1.165, 1.54) is 24.8 Å². The third kappa shape index (κ3) is 3.13. The zero-order valence-electron chi connectivity index (χ0n) is 12.9. The van der Waals surface area contributed by atoms with Crippen molar-refractivity contribution in [3.8, 4) is 5.75 Å². The summed E-state index contributed by atoms with van der Waals surface area (Å²) in [5, 5.41) is 0. The molecule has 1 aliphatic carbocycles. The number of piperidine rings is 1. The molecule has 0 spiro atoms. The second kappa shape index (κ2) is 6.61. The van der Waals surface area contributed by atoms with Gasteiger partial charge in [-0.05, 0) is 38.3 Å². The summed E-state index contributed by atoms with van der Waals surface area (Å²) in [5.41, 5.74) is 1.23. The van der Waals surface area contributed by atoms with Crippen LogP contribution in [0.1, 0.15) is 44.1 Å². The van der Waals surface area contributed by atoms with Gasteiger partial charge >= 0.3 is 0 Å². The average Bonchev–Trinajstić information content (AvgIpc) is 2.94. The lowest BCUT2D eigenvalue weighted by Crippen LogP contribution is -2.44. The number of ketones is 1. The summed E-state index contributed by atoms with van der Waals surface area (Å²) in [4.78, 5) is 14.7. The molecule has 0 N–H and O–H groups in total. The van der Waals surface area contributed by atoms with E-state index in [2.05, 4.69) is 17.0 Å². The lowest BCUT2D eigenvalue weighted by Gasteiger charge is -2.39. The average molecular weight is 287 g/mol. The van der Waals surface area contributed by atoms with Crippen molar-refractivity contribution in [2.24, 2.45) is 5.92 Å². The molecule has 1 saturated heterocycles. The van der Waals surface area contributed by atoms with E-state index in [0.29, 0.717) is 11.8 Å². The molecule has 114 valence electrons. The van der Waals surface area contributed by atoms with Crippen LogP contribution in [0.2, 0.25) is 0 Å². The van der Waals surface area contributed by atoms with Gasteiger partial charge in [0, 0.05) is 30.5 Å². The number of carbonyl (C=O) groups is 1. The van der Waals surface area contributed by atoms with Crippen molar-refractivity contribution >= 4 is 5.78 Å². The summed E-state index contributed by atoms with van der Waals surface area (Å²) in [6.45, 7) is 2.00. The molecule has 3 heteroatoms.